The zero-order valence-corrected chi connectivity index (χ0v) is 13.3. The topological polar surface area (TPSA) is 76.9 Å². The molecule has 0 saturated heterocycles. The summed E-state index contributed by atoms with van der Waals surface area (Å²) in [4.78, 5) is 33.3. The first-order valence-corrected chi connectivity index (χ1v) is 7.68. The second kappa shape index (κ2) is 7.15. The van der Waals surface area contributed by atoms with E-state index in [0.29, 0.717) is 24.3 Å². The zero-order valence-electron chi connectivity index (χ0n) is 13.3. The first-order chi connectivity index (χ1) is 10.5. The van der Waals surface area contributed by atoms with Crippen LogP contribution >= 0.6 is 0 Å². The zero-order chi connectivity index (χ0) is 16.1. The Morgan fingerprint density at radius 1 is 1.41 bits per heavy atom. The van der Waals surface area contributed by atoms with Gasteiger partial charge in [-0.05, 0) is 24.5 Å². The number of rotatable bonds is 6. The quantitative estimate of drug-likeness (QED) is 0.828. The molecule has 1 N–H and O–H groups in total. The van der Waals surface area contributed by atoms with E-state index in [-0.39, 0.29) is 17.2 Å². The molecule has 2 aromatic rings. The molecule has 0 aliphatic carbocycles. The molecular weight excluding hydrogens is 280 g/mol. The van der Waals surface area contributed by atoms with E-state index in [1.807, 2.05) is 20.8 Å². The number of carbonyl (C=O) groups excluding carboxylic acids is 1. The lowest BCUT2D eigenvalue weighted by atomic mass is 10.2. The fourth-order valence-electron chi connectivity index (χ4n) is 2.22. The third kappa shape index (κ3) is 3.50. The van der Waals surface area contributed by atoms with E-state index < -0.39 is 5.91 Å². The molecule has 0 aliphatic rings. The number of nitrogens with one attached hydrogen (secondary N) is 1. The average molecular weight is 302 g/mol. The van der Waals surface area contributed by atoms with Crippen LogP contribution in [0.5, 0.6) is 0 Å². The molecule has 6 heteroatoms. The third-order valence-electron chi connectivity index (χ3n) is 3.28. The molecule has 0 saturated carbocycles. The highest BCUT2D eigenvalue weighted by Crippen LogP contribution is 2.09. The summed E-state index contributed by atoms with van der Waals surface area (Å²) in [5, 5.41) is 2.75. The van der Waals surface area contributed by atoms with Gasteiger partial charge in [-0.15, -0.1) is 0 Å². The van der Waals surface area contributed by atoms with Crippen LogP contribution in [0.1, 0.15) is 44.1 Å². The van der Waals surface area contributed by atoms with Crippen LogP contribution in [0.2, 0.25) is 0 Å². The minimum atomic E-state index is -0.415. The Kier molecular flexibility index (Phi) is 5.25. The molecule has 2 rings (SSSR count). The Morgan fingerprint density at radius 2 is 2.18 bits per heavy atom. The maximum Gasteiger partial charge on any atom is 0.283 e. The maximum atomic E-state index is 12.6. The summed E-state index contributed by atoms with van der Waals surface area (Å²) < 4.78 is 1.54. The van der Waals surface area contributed by atoms with Gasteiger partial charge in [-0.1, -0.05) is 27.2 Å². The summed E-state index contributed by atoms with van der Waals surface area (Å²) in [5.41, 5.74) is 0.640. The van der Waals surface area contributed by atoms with Crippen molar-refractivity contribution < 1.29 is 4.79 Å². The number of aromatic nitrogens is 3. The Balaban J connectivity index is 2.49. The largest absolute Gasteiger partial charge is 0.351 e. The smallest absolute Gasteiger partial charge is 0.283 e. The van der Waals surface area contributed by atoms with Gasteiger partial charge in [-0.2, -0.15) is 0 Å². The molecule has 0 bridgehead atoms. The van der Waals surface area contributed by atoms with Crippen molar-refractivity contribution in [3.63, 3.8) is 0 Å². The van der Waals surface area contributed by atoms with Crippen molar-refractivity contribution >= 4 is 17.1 Å². The van der Waals surface area contributed by atoms with Crippen molar-refractivity contribution in [3.8, 4) is 0 Å². The Labute approximate surface area is 129 Å². The van der Waals surface area contributed by atoms with E-state index >= 15 is 0 Å². The molecule has 6 nitrogen and oxygen atoms in total. The monoisotopic (exact) mass is 302 g/mol. The highest BCUT2D eigenvalue weighted by atomic mass is 16.2. The van der Waals surface area contributed by atoms with Crippen molar-refractivity contribution in [2.24, 2.45) is 5.92 Å². The summed E-state index contributed by atoms with van der Waals surface area (Å²) in [6.07, 6.45) is 3.48. The molecule has 0 atom stereocenters. The first kappa shape index (κ1) is 16.1. The van der Waals surface area contributed by atoms with Gasteiger partial charge in [-0.3, -0.25) is 14.2 Å². The van der Waals surface area contributed by atoms with Crippen LogP contribution in [-0.4, -0.2) is 27.0 Å². The van der Waals surface area contributed by atoms with E-state index in [4.69, 9.17) is 0 Å². The summed E-state index contributed by atoms with van der Waals surface area (Å²) in [6.45, 7) is 7.13. The highest BCUT2D eigenvalue weighted by Gasteiger charge is 2.18. The number of hydrogen-bond donors (Lipinski definition) is 1. The van der Waals surface area contributed by atoms with Crippen LogP contribution in [0.15, 0.2) is 23.1 Å². The minimum absolute atomic E-state index is 0.0581. The predicted octanol–water partition coefficient (Wildman–Crippen LogP) is 1.98. The summed E-state index contributed by atoms with van der Waals surface area (Å²) in [7, 11) is 0. The van der Waals surface area contributed by atoms with Gasteiger partial charge in [0.1, 0.15) is 5.52 Å². The van der Waals surface area contributed by atoms with Gasteiger partial charge in [0, 0.05) is 19.3 Å². The third-order valence-corrected chi connectivity index (χ3v) is 3.28. The fourth-order valence-corrected chi connectivity index (χ4v) is 2.22. The number of nitrogens with zero attached hydrogens (tertiary/aromatic N) is 3. The Hall–Kier alpha value is -2.24. The molecule has 2 aromatic heterocycles. The van der Waals surface area contributed by atoms with Crippen LogP contribution in [0.25, 0.3) is 11.2 Å². The lowest BCUT2D eigenvalue weighted by Crippen LogP contribution is -2.36. The van der Waals surface area contributed by atoms with Crippen molar-refractivity contribution in [2.75, 3.05) is 6.54 Å². The van der Waals surface area contributed by atoms with Crippen molar-refractivity contribution in [1.82, 2.24) is 19.9 Å². The molecular formula is C16H22N4O2. The first-order valence-electron chi connectivity index (χ1n) is 7.68. The number of pyridine rings is 1. The van der Waals surface area contributed by atoms with Crippen molar-refractivity contribution in [3.05, 3.63) is 34.4 Å². The molecule has 1 amide bonds. The van der Waals surface area contributed by atoms with Crippen molar-refractivity contribution in [2.45, 2.75) is 40.2 Å². The van der Waals surface area contributed by atoms with Crippen LogP contribution in [0, 0.1) is 5.92 Å². The van der Waals surface area contributed by atoms with Crippen molar-refractivity contribution in [1.29, 1.82) is 0 Å². The van der Waals surface area contributed by atoms with E-state index in [1.165, 1.54) is 0 Å². The Bertz CT molecular complexity index is 722. The molecule has 0 fully saturated rings. The van der Waals surface area contributed by atoms with E-state index in [0.717, 1.165) is 12.8 Å². The van der Waals surface area contributed by atoms with Crippen LogP contribution < -0.4 is 10.9 Å². The van der Waals surface area contributed by atoms with Gasteiger partial charge < -0.3 is 5.32 Å². The number of amides is 1. The van der Waals surface area contributed by atoms with E-state index in [2.05, 4.69) is 15.3 Å². The average Bonchev–Trinajstić information content (AvgIpc) is 2.49. The second-order valence-corrected chi connectivity index (χ2v) is 5.73. The van der Waals surface area contributed by atoms with E-state index in [9.17, 15) is 9.59 Å². The molecule has 2 heterocycles. The molecule has 0 radical (unpaired) electrons. The van der Waals surface area contributed by atoms with Gasteiger partial charge in [0.2, 0.25) is 0 Å². The van der Waals surface area contributed by atoms with Gasteiger partial charge in [0.05, 0.1) is 0 Å². The molecule has 0 aromatic carbocycles. The van der Waals surface area contributed by atoms with Gasteiger partial charge >= 0.3 is 0 Å². The van der Waals surface area contributed by atoms with Gasteiger partial charge in [0.15, 0.2) is 11.3 Å². The lowest BCUT2D eigenvalue weighted by Gasteiger charge is -2.13. The molecule has 0 aliphatic heterocycles. The lowest BCUT2D eigenvalue weighted by molar-refractivity contribution is 0.0946. The van der Waals surface area contributed by atoms with Crippen LogP contribution in [0.3, 0.4) is 0 Å². The summed E-state index contributed by atoms with van der Waals surface area (Å²) in [5.74, 6) is -0.150. The van der Waals surface area contributed by atoms with Gasteiger partial charge in [-0.25, -0.2) is 9.97 Å². The number of carbonyl (C=O) groups is 1. The molecule has 22 heavy (non-hydrogen) atoms. The SMILES string of the molecule is CCCCNC(=O)c1nc2cccnc2n(CC(C)C)c1=O. The predicted molar refractivity (Wildman–Crippen MR) is 85.9 cm³/mol. The van der Waals surface area contributed by atoms with Crippen LogP contribution in [0.4, 0.5) is 0 Å². The highest BCUT2D eigenvalue weighted by molar-refractivity contribution is 5.93. The normalized spacial score (nSPS) is 11.1. The van der Waals surface area contributed by atoms with Gasteiger partial charge in [0.25, 0.3) is 11.5 Å². The van der Waals surface area contributed by atoms with Crippen LogP contribution in [-0.2, 0) is 6.54 Å². The molecule has 0 spiro atoms. The maximum absolute atomic E-state index is 12.6. The Morgan fingerprint density at radius 3 is 2.86 bits per heavy atom. The number of fused-ring (bicyclic) bond motifs is 1. The number of unbranched alkanes of at least 4 members (excludes halogenated alkanes) is 1. The summed E-state index contributed by atoms with van der Waals surface area (Å²) in [6, 6.07) is 3.51. The molecule has 118 valence electrons. The molecule has 0 unspecified atom stereocenters. The summed E-state index contributed by atoms with van der Waals surface area (Å²) >= 11 is 0. The minimum Gasteiger partial charge on any atom is -0.351 e. The number of hydrogen-bond acceptors (Lipinski definition) is 4. The van der Waals surface area contributed by atoms with E-state index in [1.54, 1.807) is 22.9 Å². The second-order valence-electron chi connectivity index (χ2n) is 5.73. The standard InChI is InChI=1S/C16H22N4O2/c1-4-5-8-18-15(21)13-16(22)20(10-11(2)3)14-12(19-13)7-6-9-17-14/h6-7,9,11H,4-5,8,10H2,1-3H3,(H,18,21). The fraction of sp³-hybridized carbons (Fsp3) is 0.500.